The number of hydrogen-bond donors (Lipinski definition) is 1. The van der Waals surface area contributed by atoms with Crippen LogP contribution in [0.15, 0.2) is 23.1 Å². The SMILES string of the molecule is COC(=O)COCc1cc(=O)cc[nH]1. The van der Waals surface area contributed by atoms with Crippen LogP contribution in [-0.2, 0) is 20.9 Å². The molecule has 76 valence electrons. The van der Waals surface area contributed by atoms with Crippen LogP contribution in [0.5, 0.6) is 0 Å². The summed E-state index contributed by atoms with van der Waals surface area (Å²) in [5.41, 5.74) is 0.529. The Morgan fingerprint density at radius 1 is 1.57 bits per heavy atom. The average Bonchev–Trinajstić information content (AvgIpc) is 2.17. The van der Waals surface area contributed by atoms with Crippen LogP contribution < -0.4 is 5.43 Å². The molecule has 14 heavy (non-hydrogen) atoms. The zero-order valence-corrected chi connectivity index (χ0v) is 7.78. The third-order valence-corrected chi connectivity index (χ3v) is 1.54. The number of ether oxygens (including phenoxy) is 2. The Balaban J connectivity index is 2.39. The van der Waals surface area contributed by atoms with Crippen molar-refractivity contribution in [3.8, 4) is 0 Å². The van der Waals surface area contributed by atoms with Gasteiger partial charge in [0.25, 0.3) is 0 Å². The van der Waals surface area contributed by atoms with E-state index >= 15 is 0 Å². The normalized spacial score (nSPS) is 9.79. The summed E-state index contributed by atoms with van der Waals surface area (Å²) in [5, 5.41) is 0. The van der Waals surface area contributed by atoms with E-state index in [2.05, 4.69) is 9.72 Å². The van der Waals surface area contributed by atoms with Crippen molar-refractivity contribution >= 4 is 5.97 Å². The van der Waals surface area contributed by atoms with Gasteiger partial charge in [-0.3, -0.25) is 4.79 Å². The number of pyridine rings is 1. The Labute approximate surface area is 80.7 Å². The van der Waals surface area contributed by atoms with Crippen molar-refractivity contribution in [1.82, 2.24) is 4.98 Å². The van der Waals surface area contributed by atoms with E-state index in [1.165, 1.54) is 25.4 Å². The minimum Gasteiger partial charge on any atom is -0.467 e. The highest BCUT2D eigenvalue weighted by atomic mass is 16.6. The molecule has 0 aliphatic heterocycles. The number of nitrogens with one attached hydrogen (secondary N) is 1. The van der Waals surface area contributed by atoms with E-state index in [4.69, 9.17) is 4.74 Å². The molecule has 0 fully saturated rings. The quantitative estimate of drug-likeness (QED) is 0.693. The lowest BCUT2D eigenvalue weighted by molar-refractivity contribution is -0.146. The van der Waals surface area contributed by atoms with E-state index in [0.29, 0.717) is 5.69 Å². The number of aromatic nitrogens is 1. The summed E-state index contributed by atoms with van der Waals surface area (Å²) in [6.07, 6.45) is 1.53. The summed E-state index contributed by atoms with van der Waals surface area (Å²) in [6.45, 7) is 0.0681. The van der Waals surface area contributed by atoms with Gasteiger partial charge in [0.15, 0.2) is 5.43 Å². The summed E-state index contributed by atoms with van der Waals surface area (Å²) >= 11 is 0. The van der Waals surface area contributed by atoms with E-state index in [1.54, 1.807) is 0 Å². The highest BCUT2D eigenvalue weighted by molar-refractivity contribution is 5.70. The van der Waals surface area contributed by atoms with Gasteiger partial charge in [-0.2, -0.15) is 0 Å². The Morgan fingerprint density at radius 2 is 2.36 bits per heavy atom. The predicted octanol–water partition coefficient (Wildman–Crippen LogP) is 0.0645. The largest absolute Gasteiger partial charge is 0.467 e. The van der Waals surface area contributed by atoms with Crippen molar-refractivity contribution < 1.29 is 14.3 Å². The van der Waals surface area contributed by atoms with Crippen molar-refractivity contribution in [2.45, 2.75) is 6.61 Å². The number of methoxy groups -OCH3 is 1. The molecule has 0 spiro atoms. The molecule has 1 aromatic heterocycles. The van der Waals surface area contributed by atoms with E-state index in [1.807, 2.05) is 0 Å². The molecule has 0 amide bonds. The zero-order valence-electron chi connectivity index (χ0n) is 7.78. The summed E-state index contributed by atoms with van der Waals surface area (Å²) in [4.78, 5) is 24.3. The molecular weight excluding hydrogens is 186 g/mol. The number of esters is 1. The minimum atomic E-state index is -0.441. The van der Waals surface area contributed by atoms with Crippen molar-refractivity contribution in [3.05, 3.63) is 34.2 Å². The molecule has 0 bridgehead atoms. The second-order valence-electron chi connectivity index (χ2n) is 2.62. The molecule has 1 aromatic rings. The van der Waals surface area contributed by atoms with Crippen LogP contribution in [0.25, 0.3) is 0 Å². The van der Waals surface area contributed by atoms with Gasteiger partial charge in [-0.1, -0.05) is 0 Å². The van der Waals surface area contributed by atoms with Crippen LogP contribution in [0.1, 0.15) is 5.69 Å². The fourth-order valence-electron chi connectivity index (χ4n) is 0.879. The Bertz CT molecular complexity index is 358. The summed E-state index contributed by atoms with van der Waals surface area (Å²) in [5.74, 6) is -0.441. The van der Waals surface area contributed by atoms with Crippen LogP contribution in [0.4, 0.5) is 0 Å². The van der Waals surface area contributed by atoms with Crippen molar-refractivity contribution in [3.63, 3.8) is 0 Å². The molecular formula is C9H11NO4. The molecule has 0 atom stereocenters. The molecule has 0 saturated heterocycles. The molecule has 0 aromatic carbocycles. The highest BCUT2D eigenvalue weighted by Crippen LogP contribution is 1.92. The van der Waals surface area contributed by atoms with Crippen LogP contribution in [0.2, 0.25) is 0 Å². The predicted molar refractivity (Wildman–Crippen MR) is 48.7 cm³/mol. The zero-order chi connectivity index (χ0) is 10.4. The van der Waals surface area contributed by atoms with E-state index in [9.17, 15) is 9.59 Å². The molecule has 0 aliphatic carbocycles. The third kappa shape index (κ3) is 3.40. The second kappa shape index (κ2) is 5.18. The van der Waals surface area contributed by atoms with Gasteiger partial charge in [0, 0.05) is 24.0 Å². The van der Waals surface area contributed by atoms with E-state index in [-0.39, 0.29) is 18.6 Å². The van der Waals surface area contributed by atoms with Gasteiger partial charge in [-0.15, -0.1) is 0 Å². The van der Waals surface area contributed by atoms with Crippen LogP contribution in [-0.4, -0.2) is 24.7 Å². The maximum atomic E-state index is 10.9. The summed E-state index contributed by atoms with van der Waals surface area (Å²) in [6, 6.07) is 2.82. The summed E-state index contributed by atoms with van der Waals surface area (Å²) < 4.78 is 9.36. The lowest BCUT2D eigenvalue weighted by atomic mass is 10.4. The molecule has 0 unspecified atom stereocenters. The van der Waals surface area contributed by atoms with Crippen LogP contribution >= 0.6 is 0 Å². The molecule has 1 N–H and O–H groups in total. The number of carbonyl (C=O) groups is 1. The van der Waals surface area contributed by atoms with Gasteiger partial charge >= 0.3 is 5.97 Å². The molecule has 5 nitrogen and oxygen atoms in total. The van der Waals surface area contributed by atoms with Gasteiger partial charge in [-0.05, 0) is 0 Å². The van der Waals surface area contributed by atoms with E-state index < -0.39 is 5.97 Å². The van der Waals surface area contributed by atoms with Gasteiger partial charge in [-0.25, -0.2) is 4.79 Å². The maximum absolute atomic E-state index is 10.9. The number of hydrogen-bond acceptors (Lipinski definition) is 4. The minimum absolute atomic E-state index is 0.0968. The highest BCUT2D eigenvalue weighted by Gasteiger charge is 2.00. The fourth-order valence-corrected chi connectivity index (χ4v) is 0.879. The number of H-pyrrole nitrogens is 1. The first-order valence-electron chi connectivity index (χ1n) is 4.04. The summed E-state index contributed by atoms with van der Waals surface area (Å²) in [7, 11) is 1.29. The smallest absolute Gasteiger partial charge is 0.331 e. The number of carbonyl (C=O) groups excluding carboxylic acids is 1. The van der Waals surface area contributed by atoms with Crippen molar-refractivity contribution in [1.29, 1.82) is 0 Å². The standard InChI is InChI=1S/C9H11NO4/c1-13-9(12)6-14-5-7-4-8(11)2-3-10-7/h2-4H,5-6H2,1H3,(H,10,11). The van der Waals surface area contributed by atoms with Gasteiger partial charge in [0.2, 0.25) is 0 Å². The Kier molecular flexibility index (Phi) is 3.87. The lowest BCUT2D eigenvalue weighted by Gasteiger charge is -2.02. The first-order chi connectivity index (χ1) is 6.72. The molecule has 5 heteroatoms. The van der Waals surface area contributed by atoms with Crippen molar-refractivity contribution in [2.75, 3.05) is 13.7 Å². The third-order valence-electron chi connectivity index (χ3n) is 1.54. The fraction of sp³-hybridized carbons (Fsp3) is 0.333. The van der Waals surface area contributed by atoms with Gasteiger partial charge < -0.3 is 14.5 Å². The topological polar surface area (TPSA) is 68.4 Å². The number of rotatable bonds is 4. The monoisotopic (exact) mass is 197 g/mol. The molecule has 0 saturated carbocycles. The Hall–Kier alpha value is -1.62. The maximum Gasteiger partial charge on any atom is 0.331 e. The Morgan fingerprint density at radius 3 is 3.00 bits per heavy atom. The molecule has 1 rings (SSSR count). The van der Waals surface area contributed by atoms with Gasteiger partial charge in [0.1, 0.15) is 6.61 Å². The van der Waals surface area contributed by atoms with Crippen molar-refractivity contribution in [2.24, 2.45) is 0 Å². The molecule has 0 aliphatic rings. The second-order valence-corrected chi connectivity index (χ2v) is 2.62. The first kappa shape index (κ1) is 10.5. The molecule has 0 radical (unpaired) electrons. The lowest BCUT2D eigenvalue weighted by Crippen LogP contribution is -2.11. The first-order valence-corrected chi connectivity index (χ1v) is 4.04. The number of aromatic amines is 1. The average molecular weight is 197 g/mol. The van der Waals surface area contributed by atoms with E-state index in [0.717, 1.165) is 0 Å². The van der Waals surface area contributed by atoms with Gasteiger partial charge in [0.05, 0.1) is 13.7 Å². The van der Waals surface area contributed by atoms with Crippen LogP contribution in [0, 0.1) is 0 Å². The molecule has 1 heterocycles. The van der Waals surface area contributed by atoms with Crippen LogP contribution in [0.3, 0.4) is 0 Å².